The van der Waals surface area contributed by atoms with Crippen molar-refractivity contribution < 1.29 is 0 Å². The van der Waals surface area contributed by atoms with Gasteiger partial charge in [-0.3, -0.25) is 0 Å². The van der Waals surface area contributed by atoms with Crippen LogP contribution in [0.1, 0.15) is 0 Å². The Labute approximate surface area is 514 Å². The van der Waals surface area contributed by atoms with Gasteiger partial charge in [0.05, 0.1) is 44.3 Å². The third-order valence-electron chi connectivity index (χ3n) is 18.4. The molecule has 408 valence electrons. The Balaban J connectivity index is 0.768. The first-order valence-corrected chi connectivity index (χ1v) is 32.2. The molecule has 0 aliphatic carbocycles. The fourth-order valence-corrected chi connectivity index (χ4v) is 18.0. The van der Waals surface area contributed by atoms with Gasteiger partial charge in [0.25, 0.3) is 0 Å². The van der Waals surface area contributed by atoms with Crippen molar-refractivity contribution in [2.45, 2.75) is 0 Å². The van der Waals surface area contributed by atoms with Gasteiger partial charge in [0, 0.05) is 126 Å². The standard InChI is InChI=1S/C80H45N5S3/c1-7-25-61-53(19-1)73-64(37-40-70-76(73)56-22-4-10-28-67(56)86-70)83(61)50-34-31-46(32-35-50)79-59-45-48(47-15-13-17-51(43-47)84-62-26-8-2-20-54(62)74-65(84)38-41-71-77(74)57-23-5-11-29-68(57)87-71)33-36-60(59)81-80(82-79)49-16-14-18-52(44-49)85-63-27-9-3-21-55(63)75-66(85)39-42-72-78(75)58-24-6-12-30-69(58)88-72/h1-45H. The number of nitrogens with zero attached hydrogens (tertiary/aromatic N) is 5. The number of fused-ring (bicyclic) bond motifs is 22. The zero-order valence-electron chi connectivity index (χ0n) is 46.9. The van der Waals surface area contributed by atoms with Gasteiger partial charge in [0.2, 0.25) is 0 Å². The predicted octanol–water partition coefficient (Wildman–Crippen LogP) is 23.0. The summed E-state index contributed by atoms with van der Waals surface area (Å²) in [7, 11) is 0. The van der Waals surface area contributed by atoms with E-state index in [4.69, 9.17) is 9.97 Å². The molecule has 0 unspecified atom stereocenters. The summed E-state index contributed by atoms with van der Waals surface area (Å²) in [5, 5.41) is 16.5. The molecular weight excluding hydrogens is 1130 g/mol. The molecule has 20 rings (SSSR count). The van der Waals surface area contributed by atoms with Crippen molar-refractivity contribution in [1.29, 1.82) is 0 Å². The van der Waals surface area contributed by atoms with E-state index in [0.29, 0.717) is 5.82 Å². The molecule has 0 aliphatic heterocycles. The minimum Gasteiger partial charge on any atom is -0.309 e. The van der Waals surface area contributed by atoms with E-state index < -0.39 is 0 Å². The molecule has 8 heteroatoms. The summed E-state index contributed by atoms with van der Waals surface area (Å²) in [6.07, 6.45) is 0. The zero-order valence-corrected chi connectivity index (χ0v) is 49.4. The van der Waals surface area contributed by atoms with Gasteiger partial charge in [0.1, 0.15) is 0 Å². The molecule has 0 bridgehead atoms. The minimum atomic E-state index is 0.670. The predicted molar refractivity (Wildman–Crippen MR) is 378 cm³/mol. The second-order valence-electron chi connectivity index (χ2n) is 23.1. The molecule has 13 aromatic carbocycles. The Morgan fingerprint density at radius 1 is 0.227 bits per heavy atom. The van der Waals surface area contributed by atoms with Crippen molar-refractivity contribution in [3.63, 3.8) is 0 Å². The van der Waals surface area contributed by atoms with Crippen LogP contribution in [0.2, 0.25) is 0 Å². The van der Waals surface area contributed by atoms with Crippen LogP contribution in [0.4, 0.5) is 0 Å². The highest BCUT2D eigenvalue weighted by Crippen LogP contribution is 2.48. The third-order valence-corrected chi connectivity index (χ3v) is 21.8. The van der Waals surface area contributed by atoms with E-state index in [1.54, 1.807) is 0 Å². The first kappa shape index (κ1) is 48.5. The summed E-state index contributed by atoms with van der Waals surface area (Å²) in [4.78, 5) is 11.2. The van der Waals surface area contributed by atoms with Crippen LogP contribution in [-0.2, 0) is 0 Å². The van der Waals surface area contributed by atoms with Crippen LogP contribution >= 0.6 is 34.0 Å². The van der Waals surface area contributed by atoms with E-state index >= 15 is 0 Å². The normalized spacial score (nSPS) is 12.3. The maximum absolute atomic E-state index is 5.68. The van der Waals surface area contributed by atoms with Crippen LogP contribution < -0.4 is 0 Å². The van der Waals surface area contributed by atoms with Gasteiger partial charge in [-0.2, -0.15) is 0 Å². The maximum Gasteiger partial charge on any atom is 0.160 e. The minimum absolute atomic E-state index is 0.670. The van der Waals surface area contributed by atoms with Gasteiger partial charge in [0.15, 0.2) is 5.82 Å². The second kappa shape index (κ2) is 18.4. The van der Waals surface area contributed by atoms with E-state index in [1.807, 2.05) is 34.0 Å². The summed E-state index contributed by atoms with van der Waals surface area (Å²) < 4.78 is 15.1. The van der Waals surface area contributed by atoms with Gasteiger partial charge in [-0.25, -0.2) is 9.97 Å². The molecule has 7 aromatic heterocycles. The Hall–Kier alpha value is -10.7. The lowest BCUT2D eigenvalue weighted by atomic mass is 9.99. The number of aromatic nitrogens is 5. The van der Waals surface area contributed by atoms with Crippen LogP contribution in [0.25, 0.3) is 188 Å². The lowest BCUT2D eigenvalue weighted by Gasteiger charge is -2.14. The average Bonchev–Trinajstić information content (AvgIpc) is 1.74. The average molecular weight is 1170 g/mol. The quantitative estimate of drug-likeness (QED) is 0.166. The second-order valence-corrected chi connectivity index (χ2v) is 26.4. The van der Waals surface area contributed by atoms with E-state index in [0.717, 1.165) is 61.4 Å². The summed E-state index contributed by atoms with van der Waals surface area (Å²) in [6, 6.07) is 101. The molecule has 20 aromatic rings. The molecular formula is C80H45N5S3. The van der Waals surface area contributed by atoms with Crippen molar-refractivity contribution >= 4 is 171 Å². The third kappa shape index (κ3) is 6.90. The highest BCUT2D eigenvalue weighted by atomic mass is 32.1. The van der Waals surface area contributed by atoms with E-state index in [9.17, 15) is 0 Å². The van der Waals surface area contributed by atoms with Crippen molar-refractivity contribution in [2.75, 3.05) is 0 Å². The number of benzene rings is 13. The molecule has 0 saturated heterocycles. The SMILES string of the molecule is c1cc(-c2ccc3nc(-c4cccc(-n5c6ccccc6c6c7c(ccc65)sc5ccccc57)c4)nc(-c4ccc(-n5c6ccccc6c6c7c(ccc65)sc5ccccc57)cc4)c3c2)cc(-n2c3ccccc3c3c4c(ccc32)sc2ccccc24)c1. The van der Waals surface area contributed by atoms with Crippen LogP contribution in [0, 0.1) is 0 Å². The molecule has 88 heavy (non-hydrogen) atoms. The van der Waals surface area contributed by atoms with Gasteiger partial charge in [-0.15, -0.1) is 34.0 Å². The van der Waals surface area contributed by atoms with E-state index in [2.05, 4.69) is 287 Å². The van der Waals surface area contributed by atoms with E-state index in [-0.39, 0.29) is 0 Å². The van der Waals surface area contributed by atoms with Gasteiger partial charge < -0.3 is 13.7 Å². The van der Waals surface area contributed by atoms with Crippen LogP contribution in [0.15, 0.2) is 273 Å². The van der Waals surface area contributed by atoms with Crippen molar-refractivity contribution in [3.8, 4) is 50.8 Å². The van der Waals surface area contributed by atoms with Gasteiger partial charge in [-0.05, 0) is 132 Å². The van der Waals surface area contributed by atoms with E-state index in [1.165, 1.54) is 120 Å². The van der Waals surface area contributed by atoms with Crippen molar-refractivity contribution in [2.24, 2.45) is 0 Å². The Kier molecular flexibility index (Phi) is 10.1. The fraction of sp³-hybridized carbons (Fsp3) is 0. The molecule has 0 N–H and O–H groups in total. The molecule has 7 heterocycles. The lowest BCUT2D eigenvalue weighted by Crippen LogP contribution is -1.99. The number of rotatable bonds is 6. The summed E-state index contributed by atoms with van der Waals surface area (Å²) in [5.41, 5.74) is 16.3. The molecule has 0 saturated carbocycles. The highest BCUT2D eigenvalue weighted by Gasteiger charge is 2.23. The molecule has 5 nitrogen and oxygen atoms in total. The first-order chi connectivity index (χ1) is 43.6. The fourth-order valence-electron chi connectivity index (χ4n) is 14.7. The summed E-state index contributed by atoms with van der Waals surface area (Å²) in [5.74, 6) is 0.670. The Bertz CT molecular complexity index is 6380. The largest absolute Gasteiger partial charge is 0.309 e. The monoisotopic (exact) mass is 1170 g/mol. The lowest BCUT2D eigenvalue weighted by molar-refractivity contribution is 1.17. The first-order valence-electron chi connectivity index (χ1n) is 29.8. The molecule has 0 fully saturated rings. The van der Waals surface area contributed by atoms with Crippen LogP contribution in [-0.4, -0.2) is 23.7 Å². The summed E-state index contributed by atoms with van der Waals surface area (Å²) >= 11 is 5.60. The van der Waals surface area contributed by atoms with Gasteiger partial charge in [-0.1, -0.05) is 152 Å². The topological polar surface area (TPSA) is 40.6 Å². The number of hydrogen-bond acceptors (Lipinski definition) is 5. The molecule has 0 atom stereocenters. The smallest absolute Gasteiger partial charge is 0.160 e. The Morgan fingerprint density at radius 3 is 1.11 bits per heavy atom. The Morgan fingerprint density at radius 2 is 0.625 bits per heavy atom. The molecule has 0 radical (unpaired) electrons. The van der Waals surface area contributed by atoms with Crippen molar-refractivity contribution in [3.05, 3.63) is 273 Å². The maximum atomic E-state index is 5.68. The summed E-state index contributed by atoms with van der Waals surface area (Å²) in [6.45, 7) is 0. The molecule has 0 amide bonds. The number of thiophene rings is 3. The highest BCUT2D eigenvalue weighted by molar-refractivity contribution is 7.27. The van der Waals surface area contributed by atoms with Gasteiger partial charge >= 0.3 is 0 Å². The van der Waals surface area contributed by atoms with Crippen LogP contribution in [0.3, 0.4) is 0 Å². The zero-order chi connectivity index (χ0) is 57.3. The molecule has 0 spiro atoms. The number of hydrogen-bond donors (Lipinski definition) is 0. The van der Waals surface area contributed by atoms with Crippen molar-refractivity contribution in [1.82, 2.24) is 23.7 Å². The number of para-hydroxylation sites is 3. The molecule has 0 aliphatic rings. The van der Waals surface area contributed by atoms with Crippen LogP contribution in [0.5, 0.6) is 0 Å².